The number of carbonyl (C=O) groups excluding carboxylic acids is 1. The van der Waals surface area contributed by atoms with Crippen molar-refractivity contribution in [2.45, 2.75) is 57.5 Å². The fourth-order valence-electron chi connectivity index (χ4n) is 2.02. The third-order valence-electron chi connectivity index (χ3n) is 2.74. The fraction of sp³-hybridized carbons (Fsp3) is 0.917. The molecule has 0 bridgehead atoms. The molecule has 4 nitrogen and oxygen atoms in total. The van der Waals surface area contributed by atoms with Gasteiger partial charge in [-0.1, -0.05) is 12.8 Å². The molecule has 3 N–H and O–H groups in total. The lowest BCUT2D eigenvalue weighted by Gasteiger charge is -2.24. The molecule has 0 aliphatic heterocycles. The van der Waals surface area contributed by atoms with Crippen molar-refractivity contribution in [2.75, 3.05) is 13.2 Å². The second-order valence-electron chi connectivity index (χ2n) is 5.86. The van der Waals surface area contributed by atoms with Crippen LogP contribution in [-0.2, 0) is 9.53 Å². The largest absolute Gasteiger partial charge is 0.370 e. The van der Waals surface area contributed by atoms with E-state index in [0.29, 0.717) is 6.61 Å². The number of carbonyl (C=O) groups is 1. The van der Waals surface area contributed by atoms with Gasteiger partial charge in [-0.25, -0.2) is 0 Å². The maximum absolute atomic E-state index is 11.5. The third-order valence-corrected chi connectivity index (χ3v) is 2.74. The normalized spacial score (nSPS) is 19.8. The van der Waals surface area contributed by atoms with E-state index < -0.39 is 0 Å². The average Bonchev–Trinajstić information content (AvgIpc) is 2.49. The lowest BCUT2D eigenvalue weighted by molar-refractivity contribution is -0.127. The van der Waals surface area contributed by atoms with Gasteiger partial charge in [0, 0.05) is 11.1 Å². The van der Waals surface area contributed by atoms with E-state index in [-0.39, 0.29) is 23.6 Å². The van der Waals surface area contributed by atoms with E-state index in [1.165, 1.54) is 12.8 Å². The highest BCUT2D eigenvalue weighted by molar-refractivity contribution is 5.77. The third kappa shape index (κ3) is 4.94. The highest BCUT2D eigenvalue weighted by Gasteiger charge is 2.29. The molecule has 0 unspecified atom stereocenters. The van der Waals surface area contributed by atoms with Gasteiger partial charge in [-0.05, 0) is 33.6 Å². The molecule has 0 radical (unpaired) electrons. The summed E-state index contributed by atoms with van der Waals surface area (Å²) in [6.45, 7) is 6.45. The Bertz CT molecular complexity index is 240. The fourth-order valence-corrected chi connectivity index (χ4v) is 2.02. The van der Waals surface area contributed by atoms with Gasteiger partial charge in [0.1, 0.15) is 6.61 Å². The molecule has 0 atom stereocenters. The molecule has 0 aromatic heterocycles. The first-order chi connectivity index (χ1) is 7.31. The minimum Gasteiger partial charge on any atom is -0.370 e. The highest BCUT2D eigenvalue weighted by Crippen LogP contribution is 2.27. The monoisotopic (exact) mass is 228 g/mol. The first-order valence-electron chi connectivity index (χ1n) is 5.98. The van der Waals surface area contributed by atoms with Crippen molar-refractivity contribution in [3.05, 3.63) is 0 Å². The van der Waals surface area contributed by atoms with Crippen LogP contribution in [0.3, 0.4) is 0 Å². The first kappa shape index (κ1) is 13.5. The smallest absolute Gasteiger partial charge is 0.246 e. The van der Waals surface area contributed by atoms with Crippen LogP contribution in [0.25, 0.3) is 0 Å². The summed E-state index contributed by atoms with van der Waals surface area (Å²) in [6, 6.07) is 0. The molecular formula is C12H24N2O2. The van der Waals surface area contributed by atoms with Crippen molar-refractivity contribution in [1.82, 2.24) is 5.32 Å². The predicted octanol–water partition coefficient (Wildman–Crippen LogP) is 1.19. The van der Waals surface area contributed by atoms with Gasteiger partial charge in [-0.3, -0.25) is 4.79 Å². The zero-order valence-corrected chi connectivity index (χ0v) is 10.6. The number of hydrogen-bond acceptors (Lipinski definition) is 3. The Morgan fingerprint density at radius 3 is 2.44 bits per heavy atom. The summed E-state index contributed by atoms with van der Waals surface area (Å²) in [5, 5.41) is 2.85. The quantitative estimate of drug-likeness (QED) is 0.759. The van der Waals surface area contributed by atoms with Crippen LogP contribution in [0.4, 0.5) is 0 Å². The molecule has 1 aliphatic rings. The predicted molar refractivity (Wildman–Crippen MR) is 64.1 cm³/mol. The Morgan fingerprint density at radius 1 is 1.38 bits per heavy atom. The van der Waals surface area contributed by atoms with Gasteiger partial charge in [-0.15, -0.1) is 0 Å². The molecule has 0 aromatic rings. The number of nitrogens with two attached hydrogens (primary N) is 1. The van der Waals surface area contributed by atoms with Crippen LogP contribution in [0.15, 0.2) is 0 Å². The van der Waals surface area contributed by atoms with Crippen LogP contribution in [0.1, 0.15) is 46.5 Å². The summed E-state index contributed by atoms with van der Waals surface area (Å²) < 4.78 is 5.39. The molecule has 1 aliphatic carbocycles. The van der Waals surface area contributed by atoms with Crippen molar-refractivity contribution in [2.24, 2.45) is 5.73 Å². The standard InChI is InChI=1S/C12H24N2O2/c1-11(2,3)14-10(15)8-16-9-12(13)6-4-5-7-12/h4-9,13H2,1-3H3,(H,14,15). The molecule has 1 fully saturated rings. The number of nitrogens with one attached hydrogen (secondary N) is 1. The zero-order valence-electron chi connectivity index (χ0n) is 10.6. The molecule has 0 saturated heterocycles. The van der Waals surface area contributed by atoms with Crippen LogP contribution in [-0.4, -0.2) is 30.2 Å². The number of ether oxygens (including phenoxy) is 1. The Kier molecular flexibility index (Phi) is 4.33. The van der Waals surface area contributed by atoms with Crippen LogP contribution < -0.4 is 11.1 Å². The lowest BCUT2D eigenvalue weighted by atomic mass is 10.0. The van der Waals surface area contributed by atoms with Gasteiger partial charge in [0.05, 0.1) is 6.61 Å². The maximum atomic E-state index is 11.5. The summed E-state index contributed by atoms with van der Waals surface area (Å²) in [5.41, 5.74) is 5.72. The van der Waals surface area contributed by atoms with E-state index in [2.05, 4.69) is 5.32 Å². The molecule has 1 amide bonds. The van der Waals surface area contributed by atoms with Gasteiger partial charge in [0.25, 0.3) is 0 Å². The second-order valence-corrected chi connectivity index (χ2v) is 5.86. The molecule has 4 heteroatoms. The van der Waals surface area contributed by atoms with Gasteiger partial charge >= 0.3 is 0 Å². The van der Waals surface area contributed by atoms with Gasteiger partial charge in [0.2, 0.25) is 5.91 Å². The number of hydrogen-bond donors (Lipinski definition) is 2. The van der Waals surface area contributed by atoms with Crippen molar-refractivity contribution in [1.29, 1.82) is 0 Å². The van der Waals surface area contributed by atoms with Gasteiger partial charge in [-0.2, -0.15) is 0 Å². The van der Waals surface area contributed by atoms with Crippen LogP contribution in [0.2, 0.25) is 0 Å². The van der Waals surface area contributed by atoms with Crippen molar-refractivity contribution in [3.63, 3.8) is 0 Å². The van der Waals surface area contributed by atoms with Crippen molar-refractivity contribution >= 4 is 5.91 Å². The van der Waals surface area contributed by atoms with E-state index in [0.717, 1.165) is 12.8 Å². The zero-order chi connectivity index (χ0) is 12.2. The van der Waals surface area contributed by atoms with Crippen molar-refractivity contribution in [3.8, 4) is 0 Å². The Balaban J connectivity index is 2.18. The Hall–Kier alpha value is -0.610. The van der Waals surface area contributed by atoms with E-state index in [9.17, 15) is 4.79 Å². The molecule has 1 saturated carbocycles. The second kappa shape index (κ2) is 5.15. The number of amides is 1. The first-order valence-corrected chi connectivity index (χ1v) is 5.98. The van der Waals surface area contributed by atoms with Crippen LogP contribution >= 0.6 is 0 Å². The molecule has 0 heterocycles. The Morgan fingerprint density at radius 2 is 1.94 bits per heavy atom. The van der Waals surface area contributed by atoms with Crippen LogP contribution in [0.5, 0.6) is 0 Å². The summed E-state index contributed by atoms with van der Waals surface area (Å²) in [6.07, 6.45) is 4.36. The topological polar surface area (TPSA) is 64.3 Å². The summed E-state index contributed by atoms with van der Waals surface area (Å²) in [7, 11) is 0. The molecule has 16 heavy (non-hydrogen) atoms. The lowest BCUT2D eigenvalue weighted by Crippen LogP contribution is -2.45. The maximum Gasteiger partial charge on any atom is 0.246 e. The SMILES string of the molecule is CC(C)(C)NC(=O)COCC1(N)CCCC1. The van der Waals surface area contributed by atoms with Crippen LogP contribution in [0, 0.1) is 0 Å². The van der Waals surface area contributed by atoms with E-state index >= 15 is 0 Å². The minimum atomic E-state index is -0.200. The van der Waals surface area contributed by atoms with Gasteiger partial charge in [0.15, 0.2) is 0 Å². The molecule has 0 aromatic carbocycles. The highest BCUT2D eigenvalue weighted by atomic mass is 16.5. The van der Waals surface area contributed by atoms with E-state index in [1.54, 1.807) is 0 Å². The molecule has 1 rings (SSSR count). The average molecular weight is 228 g/mol. The Labute approximate surface area is 97.9 Å². The molecular weight excluding hydrogens is 204 g/mol. The summed E-state index contributed by atoms with van der Waals surface area (Å²) >= 11 is 0. The van der Waals surface area contributed by atoms with Gasteiger partial charge < -0.3 is 15.8 Å². The molecule has 0 spiro atoms. The van der Waals surface area contributed by atoms with E-state index in [1.807, 2.05) is 20.8 Å². The van der Waals surface area contributed by atoms with Crippen molar-refractivity contribution < 1.29 is 9.53 Å². The molecule has 94 valence electrons. The summed E-state index contributed by atoms with van der Waals surface area (Å²) in [4.78, 5) is 11.5. The van der Waals surface area contributed by atoms with E-state index in [4.69, 9.17) is 10.5 Å². The summed E-state index contributed by atoms with van der Waals surface area (Å²) in [5.74, 6) is -0.0749. The minimum absolute atomic E-state index is 0.0749. The number of rotatable bonds is 4.